The molecule has 0 aliphatic heterocycles. The first-order chi connectivity index (χ1) is 9.33. The van der Waals surface area contributed by atoms with Crippen LogP contribution in [0.4, 0.5) is 0 Å². The summed E-state index contributed by atoms with van der Waals surface area (Å²) in [7, 11) is -6.04. The molecule has 0 fully saturated rings. The van der Waals surface area contributed by atoms with Crippen LogP contribution in [0.3, 0.4) is 0 Å². The van der Waals surface area contributed by atoms with Crippen molar-refractivity contribution in [2.75, 3.05) is 24.6 Å². The van der Waals surface area contributed by atoms with Gasteiger partial charge < -0.3 is 11.5 Å². The zero-order valence-corrected chi connectivity index (χ0v) is 17.6. The molecule has 0 aromatic carbocycles. The quantitative estimate of drug-likeness (QED) is 0.591. The van der Waals surface area contributed by atoms with E-state index >= 15 is 0 Å². The predicted molar refractivity (Wildman–Crippen MR) is 100 cm³/mol. The zero-order chi connectivity index (χ0) is 16.9. The zero-order valence-electron chi connectivity index (χ0n) is 14.8. The number of nitrogens with two attached hydrogens (primary N) is 2. The smallest absolute Gasteiger partial charge is 0.150 e. The summed E-state index contributed by atoms with van der Waals surface area (Å²) in [6.45, 7) is 14.6. The van der Waals surface area contributed by atoms with E-state index in [2.05, 4.69) is 39.3 Å². The maximum Gasteiger partial charge on any atom is 0.150 e. The molecule has 21 heavy (non-hydrogen) atoms. The van der Waals surface area contributed by atoms with Gasteiger partial charge in [0.05, 0.1) is 11.5 Å². The molecular weight excluding hydrogens is 316 g/mol. The van der Waals surface area contributed by atoms with Gasteiger partial charge in [0.1, 0.15) is 9.84 Å². The van der Waals surface area contributed by atoms with Crippen LogP contribution in [0, 0.1) is 0 Å². The van der Waals surface area contributed by atoms with Gasteiger partial charge in [0.25, 0.3) is 0 Å². The van der Waals surface area contributed by atoms with E-state index in [1.54, 1.807) is 0 Å². The molecule has 4 nitrogen and oxygen atoms in total. The molecule has 0 aromatic heterocycles. The maximum atomic E-state index is 12.7. The molecule has 0 aliphatic carbocycles. The monoisotopic (exact) mass is 352 g/mol. The van der Waals surface area contributed by atoms with E-state index in [1.807, 2.05) is 0 Å². The van der Waals surface area contributed by atoms with Crippen molar-refractivity contribution >= 4 is 26.0 Å². The van der Waals surface area contributed by atoms with Crippen LogP contribution in [0.25, 0.3) is 0 Å². The summed E-state index contributed by atoms with van der Waals surface area (Å²) < 4.78 is 25.3. The van der Waals surface area contributed by atoms with Gasteiger partial charge in [-0.25, -0.2) is 8.42 Å². The molecule has 0 amide bonds. The fourth-order valence-corrected chi connectivity index (χ4v) is 11.9. The average Bonchev–Trinajstić information content (AvgIpc) is 2.25. The number of hydrogen-bond acceptors (Lipinski definition) is 4. The van der Waals surface area contributed by atoms with Crippen molar-refractivity contribution in [3.8, 4) is 0 Å². The molecule has 0 spiro atoms. The molecule has 0 radical (unpaired) electrons. The Bertz CT molecular complexity index is 368. The lowest BCUT2D eigenvalue weighted by molar-refractivity contribution is 0.585. The van der Waals surface area contributed by atoms with E-state index in [-0.39, 0.29) is 11.1 Å². The molecule has 2 atom stereocenters. The molecule has 2 unspecified atom stereocenters. The summed E-state index contributed by atoms with van der Waals surface area (Å²) in [4.78, 5) is 0. The Hall–Kier alpha value is 0.304. The third-order valence-electron chi connectivity index (χ3n) is 4.39. The van der Waals surface area contributed by atoms with Gasteiger partial charge in [-0.05, 0) is 37.0 Å². The van der Waals surface area contributed by atoms with Crippen LogP contribution in [0.5, 0.6) is 0 Å². The van der Waals surface area contributed by atoms with Gasteiger partial charge in [-0.3, -0.25) is 0 Å². The summed E-state index contributed by atoms with van der Waals surface area (Å²) in [6, 6.07) is 0. The van der Waals surface area contributed by atoms with Crippen molar-refractivity contribution in [1.29, 1.82) is 0 Å². The second kappa shape index (κ2) is 8.24. The van der Waals surface area contributed by atoms with Crippen molar-refractivity contribution in [1.82, 2.24) is 0 Å². The van der Waals surface area contributed by atoms with Crippen molar-refractivity contribution < 1.29 is 8.42 Å². The summed E-state index contributed by atoms with van der Waals surface area (Å²) in [6.07, 6.45) is 1.65. The first-order valence-electron chi connectivity index (χ1n) is 7.94. The van der Waals surface area contributed by atoms with E-state index < -0.39 is 26.0 Å². The van der Waals surface area contributed by atoms with E-state index in [9.17, 15) is 8.42 Å². The van der Waals surface area contributed by atoms with Crippen molar-refractivity contribution in [3.63, 3.8) is 0 Å². The first kappa shape index (κ1) is 21.3. The minimum Gasteiger partial charge on any atom is -0.330 e. The van der Waals surface area contributed by atoms with Crippen molar-refractivity contribution in [3.05, 3.63) is 0 Å². The van der Waals surface area contributed by atoms with Gasteiger partial charge in [0, 0.05) is 16.1 Å². The van der Waals surface area contributed by atoms with E-state index in [0.29, 0.717) is 24.6 Å². The Morgan fingerprint density at radius 1 is 0.762 bits per heavy atom. The van der Waals surface area contributed by atoms with E-state index in [1.165, 1.54) is 0 Å². The second-order valence-corrected chi connectivity index (χ2v) is 21.6. The third kappa shape index (κ3) is 8.49. The molecule has 0 aromatic rings. The average molecular weight is 353 g/mol. The van der Waals surface area contributed by atoms with Crippen LogP contribution >= 0.6 is 0 Å². The van der Waals surface area contributed by atoms with Gasteiger partial charge in [-0.1, -0.05) is 39.3 Å². The summed E-state index contributed by atoms with van der Waals surface area (Å²) >= 11 is 0. The molecule has 4 N–H and O–H groups in total. The van der Waals surface area contributed by atoms with E-state index in [0.717, 1.165) is 12.8 Å². The topological polar surface area (TPSA) is 86.2 Å². The van der Waals surface area contributed by atoms with Crippen LogP contribution in [-0.2, 0) is 9.84 Å². The molecule has 0 aliphatic rings. The lowest BCUT2D eigenvalue weighted by Gasteiger charge is -2.32. The minimum atomic E-state index is -3.03. The van der Waals surface area contributed by atoms with Gasteiger partial charge >= 0.3 is 0 Å². The summed E-state index contributed by atoms with van der Waals surface area (Å²) in [5, 5.41) is 0. The Kier molecular flexibility index (Phi) is 8.36. The lowest BCUT2D eigenvalue weighted by atomic mass is 10.3. The van der Waals surface area contributed by atoms with Crippen LogP contribution in [0.2, 0.25) is 50.4 Å². The van der Waals surface area contributed by atoms with Crippen molar-refractivity contribution in [2.24, 2.45) is 11.5 Å². The van der Waals surface area contributed by atoms with Crippen LogP contribution in [-0.4, -0.2) is 49.2 Å². The Balaban J connectivity index is 5.03. The SMILES string of the molecule is C[Si](C)(C)C(CCN)CS(=O)(=O)CC(CCN)[Si](C)(C)C. The molecular formula is C14H36N2O2SSi2. The van der Waals surface area contributed by atoms with E-state index in [4.69, 9.17) is 11.5 Å². The van der Waals surface area contributed by atoms with Crippen LogP contribution in [0.15, 0.2) is 0 Å². The highest BCUT2D eigenvalue weighted by Gasteiger charge is 2.34. The summed E-state index contributed by atoms with van der Waals surface area (Å²) in [5.74, 6) is 0.622. The highest BCUT2D eigenvalue weighted by Crippen LogP contribution is 2.31. The standard InChI is InChI=1S/C14H36N2O2SSi2/c1-20(2,3)13(7-9-15)11-19(17,18)12-14(8-10-16)21(4,5)6/h13-14H,7-12,15-16H2,1-6H3. The Morgan fingerprint density at radius 3 is 1.24 bits per heavy atom. The molecule has 0 saturated heterocycles. The Morgan fingerprint density at radius 2 is 1.05 bits per heavy atom. The highest BCUT2D eigenvalue weighted by molar-refractivity contribution is 7.91. The third-order valence-corrected chi connectivity index (χ3v) is 12.7. The molecule has 0 heterocycles. The normalized spacial score (nSPS) is 16.8. The number of hydrogen-bond donors (Lipinski definition) is 2. The predicted octanol–water partition coefficient (Wildman–Crippen LogP) is 2.52. The molecule has 128 valence electrons. The highest BCUT2D eigenvalue weighted by atomic mass is 32.2. The summed E-state index contributed by atoms with van der Waals surface area (Å²) in [5.41, 5.74) is 11.9. The first-order valence-corrected chi connectivity index (χ1v) is 16.9. The Labute approximate surface area is 134 Å². The van der Waals surface area contributed by atoms with Gasteiger partial charge in [-0.15, -0.1) is 0 Å². The fourth-order valence-electron chi connectivity index (χ4n) is 2.62. The largest absolute Gasteiger partial charge is 0.330 e. The molecule has 0 rings (SSSR count). The molecule has 7 heteroatoms. The second-order valence-electron chi connectivity index (χ2n) is 8.36. The lowest BCUT2D eigenvalue weighted by Crippen LogP contribution is -2.39. The number of rotatable bonds is 10. The van der Waals surface area contributed by atoms with Gasteiger partial charge in [-0.2, -0.15) is 0 Å². The van der Waals surface area contributed by atoms with Crippen LogP contribution in [0.1, 0.15) is 12.8 Å². The van der Waals surface area contributed by atoms with Crippen LogP contribution < -0.4 is 11.5 Å². The van der Waals surface area contributed by atoms with Gasteiger partial charge in [0.2, 0.25) is 0 Å². The molecule has 0 saturated carbocycles. The minimum absolute atomic E-state index is 0.257. The fraction of sp³-hybridized carbons (Fsp3) is 1.00. The molecule has 0 bridgehead atoms. The maximum absolute atomic E-state index is 12.7. The van der Waals surface area contributed by atoms with Crippen molar-refractivity contribution in [2.45, 2.75) is 63.2 Å². The number of sulfone groups is 1. The van der Waals surface area contributed by atoms with Gasteiger partial charge in [0.15, 0.2) is 0 Å².